The van der Waals surface area contributed by atoms with Crippen LogP contribution in [0, 0.1) is 6.92 Å². The molecule has 3 aromatic rings. The smallest absolute Gasteiger partial charge is 0.338 e. The molecule has 3 rings (SSSR count). The highest BCUT2D eigenvalue weighted by atomic mass is 32.1. The van der Waals surface area contributed by atoms with E-state index in [9.17, 15) is 9.59 Å². The zero-order chi connectivity index (χ0) is 18.0. The van der Waals surface area contributed by atoms with E-state index in [4.69, 9.17) is 4.74 Å². The molecule has 5 nitrogen and oxygen atoms in total. The lowest BCUT2D eigenvalue weighted by Crippen LogP contribution is -2.35. The summed E-state index contributed by atoms with van der Waals surface area (Å²) in [5.74, 6) is 0.714. The lowest BCUT2D eigenvalue weighted by molar-refractivity contribution is -0.674. The van der Waals surface area contributed by atoms with Crippen molar-refractivity contribution in [1.82, 2.24) is 4.57 Å². The molecule has 25 heavy (non-hydrogen) atoms. The highest BCUT2D eigenvalue weighted by Crippen LogP contribution is 2.19. The van der Waals surface area contributed by atoms with Gasteiger partial charge in [-0.15, -0.1) is 11.3 Å². The van der Waals surface area contributed by atoms with Crippen LogP contribution in [0.4, 0.5) is 0 Å². The summed E-state index contributed by atoms with van der Waals surface area (Å²) in [6.07, 6.45) is 0. The summed E-state index contributed by atoms with van der Waals surface area (Å²) >= 11 is 1.44. The Balaban J connectivity index is 2.08. The second-order valence-electron chi connectivity index (χ2n) is 5.70. The lowest BCUT2D eigenvalue weighted by atomic mass is 10.2. The molecule has 1 aromatic carbocycles. The van der Waals surface area contributed by atoms with Crippen molar-refractivity contribution in [3.63, 3.8) is 0 Å². The van der Waals surface area contributed by atoms with Gasteiger partial charge in [-0.2, -0.15) is 0 Å². The number of thiophene rings is 1. The van der Waals surface area contributed by atoms with Crippen molar-refractivity contribution >= 4 is 34.1 Å². The molecule has 0 bridgehead atoms. The number of imidazole rings is 1. The molecule has 0 spiro atoms. The predicted octanol–water partition coefficient (Wildman–Crippen LogP) is 3.38. The number of esters is 1. The molecule has 0 fully saturated rings. The van der Waals surface area contributed by atoms with Crippen LogP contribution in [0.5, 0.6) is 0 Å². The van der Waals surface area contributed by atoms with Crippen LogP contribution < -0.4 is 4.57 Å². The molecule has 0 atom stereocenters. The summed E-state index contributed by atoms with van der Waals surface area (Å²) in [7, 11) is 0. The van der Waals surface area contributed by atoms with Crippen LogP contribution in [-0.4, -0.2) is 22.9 Å². The van der Waals surface area contributed by atoms with Gasteiger partial charge in [0.05, 0.1) is 23.6 Å². The minimum atomic E-state index is -0.345. The molecule has 6 heteroatoms. The van der Waals surface area contributed by atoms with E-state index in [0.29, 0.717) is 12.2 Å². The van der Waals surface area contributed by atoms with Crippen molar-refractivity contribution < 1.29 is 18.9 Å². The second-order valence-corrected chi connectivity index (χ2v) is 6.65. The summed E-state index contributed by atoms with van der Waals surface area (Å²) in [4.78, 5) is 25.4. The summed E-state index contributed by atoms with van der Waals surface area (Å²) in [5, 5.41) is 1.90. The van der Waals surface area contributed by atoms with Gasteiger partial charge in [0.25, 0.3) is 5.82 Å². The fourth-order valence-corrected chi connectivity index (χ4v) is 3.72. The molecule has 0 amide bonds. The molecule has 0 saturated heterocycles. The number of ether oxygens (including phenoxy) is 1. The number of carbonyl (C=O) groups excluding carboxylic acids is 2. The van der Waals surface area contributed by atoms with Gasteiger partial charge >= 0.3 is 5.97 Å². The number of nitrogens with zero attached hydrogens (tertiary/aromatic N) is 2. The molecule has 0 radical (unpaired) electrons. The van der Waals surface area contributed by atoms with Crippen molar-refractivity contribution in [1.29, 1.82) is 0 Å². The van der Waals surface area contributed by atoms with Gasteiger partial charge in [0.15, 0.2) is 17.6 Å². The van der Waals surface area contributed by atoms with Crippen LogP contribution >= 0.6 is 11.3 Å². The summed E-state index contributed by atoms with van der Waals surface area (Å²) < 4.78 is 9.22. The van der Waals surface area contributed by atoms with Crippen molar-refractivity contribution in [2.24, 2.45) is 0 Å². The number of Topliss-reactive ketones (excluding diaryl/α,β-unsaturated/α-hetero) is 1. The van der Waals surface area contributed by atoms with Crippen LogP contribution in [0.15, 0.2) is 35.7 Å². The monoisotopic (exact) mass is 357 g/mol. The van der Waals surface area contributed by atoms with Gasteiger partial charge in [0, 0.05) is 13.0 Å². The van der Waals surface area contributed by atoms with Crippen molar-refractivity contribution in [2.45, 2.75) is 33.9 Å². The molecule has 0 saturated carbocycles. The van der Waals surface area contributed by atoms with Gasteiger partial charge in [-0.1, -0.05) is 6.07 Å². The van der Waals surface area contributed by atoms with Crippen LogP contribution in [0.3, 0.4) is 0 Å². The van der Waals surface area contributed by atoms with Gasteiger partial charge in [0.1, 0.15) is 0 Å². The number of ketones is 1. The maximum Gasteiger partial charge on any atom is 0.338 e. The number of rotatable bonds is 6. The molecule has 2 heterocycles. The first-order valence-corrected chi connectivity index (χ1v) is 9.21. The third kappa shape index (κ3) is 3.22. The van der Waals surface area contributed by atoms with E-state index >= 15 is 0 Å². The Morgan fingerprint density at radius 2 is 2.04 bits per heavy atom. The quantitative estimate of drug-likeness (QED) is 0.386. The standard InChI is InChI=1S/C19H21N2O3S/c1-4-20-13(3)21(12-17(22)18-7-6-10-25-18)16-11-14(8-9-15(16)20)19(23)24-5-2/h6-11H,4-5,12H2,1-3H3/q+1. The molecule has 130 valence electrons. The Morgan fingerprint density at radius 3 is 2.68 bits per heavy atom. The molecule has 2 aromatic heterocycles. The largest absolute Gasteiger partial charge is 0.462 e. The van der Waals surface area contributed by atoms with Gasteiger partial charge in [-0.25, -0.2) is 13.9 Å². The summed E-state index contributed by atoms with van der Waals surface area (Å²) in [5.41, 5.74) is 2.38. The van der Waals surface area contributed by atoms with E-state index in [-0.39, 0.29) is 18.3 Å². The number of aryl methyl sites for hydroxylation is 1. The van der Waals surface area contributed by atoms with Crippen molar-refractivity contribution in [3.05, 3.63) is 52.0 Å². The molecular formula is C19H21N2O3S+. The first kappa shape index (κ1) is 17.4. The maximum atomic E-state index is 12.6. The van der Waals surface area contributed by atoms with Gasteiger partial charge in [0.2, 0.25) is 5.78 Å². The number of benzene rings is 1. The van der Waals surface area contributed by atoms with E-state index in [1.807, 2.05) is 41.1 Å². The second kappa shape index (κ2) is 7.19. The van der Waals surface area contributed by atoms with Crippen LogP contribution in [0.25, 0.3) is 11.0 Å². The van der Waals surface area contributed by atoms with Gasteiger partial charge in [-0.05, 0) is 37.4 Å². The average molecular weight is 357 g/mol. The van der Waals surface area contributed by atoms with Crippen LogP contribution in [-0.2, 0) is 17.8 Å². The number of fused-ring (bicyclic) bond motifs is 1. The van der Waals surface area contributed by atoms with E-state index < -0.39 is 0 Å². The molecule has 0 unspecified atom stereocenters. The molecule has 0 aliphatic rings. The van der Waals surface area contributed by atoms with Crippen LogP contribution in [0.2, 0.25) is 0 Å². The first-order chi connectivity index (χ1) is 12.1. The molecule has 0 aliphatic heterocycles. The highest BCUT2D eigenvalue weighted by molar-refractivity contribution is 7.12. The Hall–Kier alpha value is -2.47. The Labute approximate surface area is 150 Å². The minimum Gasteiger partial charge on any atom is -0.462 e. The number of carbonyl (C=O) groups is 2. The van der Waals surface area contributed by atoms with Crippen molar-refractivity contribution in [2.75, 3.05) is 6.61 Å². The topological polar surface area (TPSA) is 52.2 Å². The van der Waals surface area contributed by atoms with E-state index in [2.05, 4.69) is 11.5 Å². The summed E-state index contributed by atoms with van der Waals surface area (Å²) in [6, 6.07) is 9.23. The Morgan fingerprint density at radius 1 is 1.24 bits per heavy atom. The Bertz CT molecular complexity index is 926. The molecular weight excluding hydrogens is 336 g/mol. The minimum absolute atomic E-state index is 0.0693. The van der Waals surface area contributed by atoms with Gasteiger partial charge < -0.3 is 4.74 Å². The zero-order valence-corrected chi connectivity index (χ0v) is 15.4. The fraction of sp³-hybridized carbons (Fsp3) is 0.316. The number of hydrogen-bond donors (Lipinski definition) is 0. The lowest BCUT2D eigenvalue weighted by Gasteiger charge is -2.02. The molecule has 0 N–H and O–H groups in total. The first-order valence-electron chi connectivity index (χ1n) is 8.33. The number of aromatic nitrogens is 2. The van der Waals surface area contributed by atoms with E-state index in [1.54, 1.807) is 13.0 Å². The molecule has 0 aliphatic carbocycles. The maximum absolute atomic E-state index is 12.6. The predicted molar refractivity (Wildman–Crippen MR) is 97.2 cm³/mol. The normalized spacial score (nSPS) is 11.0. The summed E-state index contributed by atoms with van der Waals surface area (Å²) in [6.45, 7) is 7.23. The van der Waals surface area contributed by atoms with Crippen LogP contribution in [0.1, 0.15) is 39.7 Å². The average Bonchev–Trinajstić information content (AvgIpc) is 3.22. The number of hydrogen-bond acceptors (Lipinski definition) is 4. The third-order valence-electron chi connectivity index (χ3n) is 4.26. The fourth-order valence-electron chi connectivity index (χ4n) is 3.06. The zero-order valence-electron chi connectivity index (χ0n) is 14.6. The van der Waals surface area contributed by atoms with Gasteiger partial charge in [-0.3, -0.25) is 4.79 Å². The van der Waals surface area contributed by atoms with E-state index in [1.165, 1.54) is 11.3 Å². The van der Waals surface area contributed by atoms with Crippen molar-refractivity contribution in [3.8, 4) is 0 Å². The SMILES string of the molecule is CCOC(=O)c1ccc2c(c1)n(CC(=O)c1cccs1)c(C)[n+]2CC. The third-order valence-corrected chi connectivity index (χ3v) is 5.17. The highest BCUT2D eigenvalue weighted by Gasteiger charge is 2.24. The Kier molecular flexibility index (Phi) is 4.99. The van der Waals surface area contributed by atoms with E-state index in [0.717, 1.165) is 28.3 Å².